The van der Waals surface area contributed by atoms with Crippen LogP contribution < -0.4 is 5.32 Å². The van der Waals surface area contributed by atoms with Crippen molar-refractivity contribution in [2.45, 2.75) is 16.5 Å². The fraction of sp³-hybridized carbons (Fsp3) is 0.125. The van der Waals surface area contributed by atoms with E-state index in [0.717, 1.165) is 14.8 Å². The highest BCUT2D eigenvalue weighted by Crippen LogP contribution is 2.29. The highest BCUT2D eigenvalue weighted by Gasteiger charge is 2.10. The van der Waals surface area contributed by atoms with Gasteiger partial charge >= 0.3 is 0 Å². The smallest absolute Gasteiger partial charge is 0.231 e. The van der Waals surface area contributed by atoms with Crippen LogP contribution in [0, 0.1) is 11.3 Å². The second-order valence-corrected chi connectivity index (χ2v) is 7.97. The number of amides is 1. The largest absolute Gasteiger partial charge is 0.300 e. The Morgan fingerprint density at radius 3 is 2.92 bits per heavy atom. The van der Waals surface area contributed by atoms with Gasteiger partial charge in [-0.3, -0.25) is 4.79 Å². The van der Waals surface area contributed by atoms with Crippen LogP contribution >= 0.6 is 34.4 Å². The third kappa shape index (κ3) is 4.41. The first-order valence-corrected chi connectivity index (χ1v) is 9.69. The number of carbonyl (C=O) groups is 1. The molecule has 0 atom stereocenters. The fourth-order valence-electron chi connectivity index (χ4n) is 1.95. The van der Waals surface area contributed by atoms with Gasteiger partial charge in [-0.1, -0.05) is 47.4 Å². The lowest BCUT2D eigenvalue weighted by molar-refractivity contribution is -0.115. The molecule has 2 heterocycles. The number of aromatic nitrogens is 2. The van der Waals surface area contributed by atoms with Crippen LogP contribution in [0.3, 0.4) is 0 Å². The van der Waals surface area contributed by atoms with Gasteiger partial charge in [-0.25, -0.2) is 0 Å². The Kier molecular flexibility index (Phi) is 5.59. The van der Waals surface area contributed by atoms with E-state index in [4.69, 9.17) is 5.26 Å². The minimum absolute atomic E-state index is 0.0972. The van der Waals surface area contributed by atoms with Crippen molar-refractivity contribution in [3.63, 3.8) is 0 Å². The molecular formula is C16H12N4OS3. The lowest BCUT2D eigenvalue weighted by Gasteiger charge is -2.00. The summed E-state index contributed by atoms with van der Waals surface area (Å²) < 4.78 is 0.758. The molecule has 0 spiro atoms. The maximum Gasteiger partial charge on any atom is 0.231 e. The quantitative estimate of drug-likeness (QED) is 0.524. The highest BCUT2D eigenvalue weighted by atomic mass is 32.2. The number of rotatable bonds is 6. The van der Waals surface area contributed by atoms with E-state index < -0.39 is 0 Å². The number of carbonyl (C=O) groups excluding carboxylic acids is 1. The third-order valence-electron chi connectivity index (χ3n) is 3.06. The molecule has 3 rings (SSSR count). The molecule has 120 valence electrons. The van der Waals surface area contributed by atoms with Crippen LogP contribution in [-0.2, 0) is 17.0 Å². The first-order valence-electron chi connectivity index (χ1n) is 7.01. The van der Waals surface area contributed by atoms with Crippen molar-refractivity contribution in [1.29, 1.82) is 5.26 Å². The topological polar surface area (TPSA) is 78.7 Å². The van der Waals surface area contributed by atoms with E-state index >= 15 is 0 Å². The molecule has 0 bridgehead atoms. The van der Waals surface area contributed by atoms with Gasteiger partial charge in [-0.15, -0.1) is 21.5 Å². The SMILES string of the molecule is N#Cc1ccccc1CSc1nnc(NC(=O)Cc2cccs2)s1. The van der Waals surface area contributed by atoms with E-state index in [9.17, 15) is 4.79 Å². The number of hydrogen-bond acceptors (Lipinski definition) is 7. The van der Waals surface area contributed by atoms with Gasteiger partial charge in [0.15, 0.2) is 4.34 Å². The molecule has 0 fully saturated rings. The lowest BCUT2D eigenvalue weighted by Crippen LogP contribution is -2.13. The summed E-state index contributed by atoms with van der Waals surface area (Å²) in [5.74, 6) is 0.543. The number of thioether (sulfide) groups is 1. The number of thiophene rings is 1. The molecule has 8 heteroatoms. The predicted molar refractivity (Wildman–Crippen MR) is 97.3 cm³/mol. The van der Waals surface area contributed by atoms with Crippen molar-refractivity contribution in [2.24, 2.45) is 0 Å². The molecule has 24 heavy (non-hydrogen) atoms. The van der Waals surface area contributed by atoms with Crippen LogP contribution in [-0.4, -0.2) is 16.1 Å². The van der Waals surface area contributed by atoms with Gasteiger partial charge in [0.2, 0.25) is 11.0 Å². The Labute approximate surface area is 151 Å². The monoisotopic (exact) mass is 372 g/mol. The Morgan fingerprint density at radius 2 is 2.12 bits per heavy atom. The highest BCUT2D eigenvalue weighted by molar-refractivity contribution is 8.00. The number of nitriles is 1. The zero-order chi connectivity index (χ0) is 16.8. The standard InChI is InChI=1S/C16H12N4OS3/c17-9-11-4-1-2-5-12(11)10-23-16-20-19-15(24-16)18-14(21)8-13-6-3-7-22-13/h1-7H,8,10H2,(H,18,19,21). The van der Waals surface area contributed by atoms with E-state index in [0.29, 0.717) is 22.9 Å². The van der Waals surface area contributed by atoms with Crippen LogP contribution in [0.2, 0.25) is 0 Å². The number of anilines is 1. The molecule has 0 aliphatic rings. The molecule has 0 saturated heterocycles. The summed E-state index contributed by atoms with van der Waals surface area (Å²) in [5, 5.41) is 22.4. The molecule has 2 aromatic heterocycles. The average molecular weight is 373 g/mol. The molecule has 0 saturated carbocycles. The number of nitrogens with one attached hydrogen (secondary N) is 1. The minimum Gasteiger partial charge on any atom is -0.300 e. The van der Waals surface area contributed by atoms with E-state index in [2.05, 4.69) is 21.6 Å². The Balaban J connectivity index is 1.56. The molecule has 5 nitrogen and oxygen atoms in total. The first-order chi connectivity index (χ1) is 11.7. The Morgan fingerprint density at radius 1 is 1.25 bits per heavy atom. The fourth-order valence-corrected chi connectivity index (χ4v) is 4.42. The van der Waals surface area contributed by atoms with E-state index in [1.807, 2.05) is 35.7 Å². The normalized spacial score (nSPS) is 10.3. The summed E-state index contributed by atoms with van der Waals surface area (Å²) in [5.41, 5.74) is 1.63. The van der Waals surface area contributed by atoms with Gasteiger partial charge in [-0.2, -0.15) is 5.26 Å². The van der Waals surface area contributed by atoms with E-state index in [1.165, 1.54) is 23.1 Å². The van der Waals surface area contributed by atoms with Gasteiger partial charge in [-0.05, 0) is 23.1 Å². The zero-order valence-corrected chi connectivity index (χ0v) is 14.9. The number of nitrogens with zero attached hydrogens (tertiary/aromatic N) is 3. The summed E-state index contributed by atoms with van der Waals surface area (Å²) in [4.78, 5) is 13.0. The van der Waals surface area contributed by atoms with Crippen LogP contribution in [0.1, 0.15) is 16.0 Å². The van der Waals surface area contributed by atoms with Gasteiger partial charge in [0.25, 0.3) is 0 Å². The second-order valence-electron chi connectivity index (χ2n) is 4.74. The van der Waals surface area contributed by atoms with Crippen molar-refractivity contribution < 1.29 is 4.79 Å². The number of hydrogen-bond donors (Lipinski definition) is 1. The maximum atomic E-state index is 11.9. The van der Waals surface area contributed by atoms with E-state index in [-0.39, 0.29) is 5.91 Å². The minimum atomic E-state index is -0.0972. The average Bonchev–Trinajstić information content (AvgIpc) is 3.25. The molecule has 3 aromatic rings. The van der Waals surface area contributed by atoms with Crippen LogP contribution in [0.5, 0.6) is 0 Å². The molecule has 0 radical (unpaired) electrons. The number of benzene rings is 1. The van der Waals surface area contributed by atoms with Gasteiger partial charge in [0.1, 0.15) is 0 Å². The molecule has 0 unspecified atom stereocenters. The summed E-state index contributed by atoms with van der Waals surface area (Å²) >= 11 is 4.39. The second kappa shape index (κ2) is 8.06. The third-order valence-corrected chi connectivity index (χ3v) is 5.95. The molecule has 0 aliphatic heterocycles. The molecular weight excluding hydrogens is 360 g/mol. The summed E-state index contributed by atoms with van der Waals surface area (Å²) in [6.07, 6.45) is 0.343. The van der Waals surface area contributed by atoms with Crippen molar-refractivity contribution in [3.05, 3.63) is 57.8 Å². The summed E-state index contributed by atoms with van der Waals surface area (Å²) in [6.45, 7) is 0. The molecule has 1 amide bonds. The summed E-state index contributed by atoms with van der Waals surface area (Å²) in [7, 11) is 0. The van der Waals surface area contributed by atoms with Crippen LogP contribution in [0.4, 0.5) is 5.13 Å². The molecule has 0 aliphatic carbocycles. The first kappa shape index (κ1) is 16.6. The molecule has 1 N–H and O–H groups in total. The van der Waals surface area contributed by atoms with Gasteiger partial charge < -0.3 is 5.32 Å². The van der Waals surface area contributed by atoms with Crippen molar-refractivity contribution in [3.8, 4) is 6.07 Å². The predicted octanol–water partition coefficient (Wildman–Crippen LogP) is 3.94. The van der Waals surface area contributed by atoms with Crippen molar-refractivity contribution in [2.75, 3.05) is 5.32 Å². The maximum absolute atomic E-state index is 11.9. The Bertz CT molecular complexity index is 868. The van der Waals surface area contributed by atoms with Crippen molar-refractivity contribution >= 4 is 45.5 Å². The zero-order valence-electron chi connectivity index (χ0n) is 12.4. The van der Waals surface area contributed by atoms with Crippen LogP contribution in [0.15, 0.2) is 46.1 Å². The summed E-state index contributed by atoms with van der Waals surface area (Å²) in [6, 6.07) is 13.5. The Hall–Kier alpha value is -2.21. The van der Waals surface area contributed by atoms with Gasteiger partial charge in [0.05, 0.1) is 18.1 Å². The lowest BCUT2D eigenvalue weighted by atomic mass is 10.1. The molecule has 1 aromatic carbocycles. The van der Waals surface area contributed by atoms with Crippen LogP contribution in [0.25, 0.3) is 0 Å². The van der Waals surface area contributed by atoms with Gasteiger partial charge in [0, 0.05) is 10.6 Å². The van der Waals surface area contributed by atoms with Crippen molar-refractivity contribution in [1.82, 2.24) is 10.2 Å². The van der Waals surface area contributed by atoms with E-state index in [1.54, 1.807) is 17.4 Å².